The minimum atomic E-state index is -0.0219. The highest BCUT2D eigenvalue weighted by molar-refractivity contribution is 6.30. The topological polar surface area (TPSA) is 38.8 Å². The lowest BCUT2D eigenvalue weighted by molar-refractivity contribution is 0.0925. The Bertz CT molecular complexity index is 847. The zero-order valence-corrected chi connectivity index (χ0v) is 15.8. The summed E-state index contributed by atoms with van der Waals surface area (Å²) in [7, 11) is 3.75. The van der Waals surface area contributed by atoms with Crippen molar-refractivity contribution in [2.75, 3.05) is 27.3 Å². The molecule has 26 heavy (non-hydrogen) atoms. The number of likely N-dealkylation sites (N-methyl/N-ethyl adjacent to an activating group) is 1. The number of methoxy groups -OCH3 is 1. The number of hydrogen-bond donors (Lipinski definition) is 0. The van der Waals surface area contributed by atoms with Gasteiger partial charge in [0.15, 0.2) is 17.3 Å². The SMILES string of the molecule is COc1c2c(cc3c1C(CC(=O)c1ccc(Cl)cc1)N(C)CC3)CCO2. The molecule has 0 radical (unpaired) electrons. The van der Waals surface area contributed by atoms with E-state index in [1.165, 1.54) is 11.1 Å². The van der Waals surface area contributed by atoms with Crippen molar-refractivity contribution in [2.45, 2.75) is 25.3 Å². The summed E-state index contributed by atoms with van der Waals surface area (Å²) < 4.78 is 11.6. The second kappa shape index (κ2) is 6.93. The van der Waals surface area contributed by atoms with E-state index in [2.05, 4.69) is 18.0 Å². The monoisotopic (exact) mass is 371 g/mol. The zero-order valence-electron chi connectivity index (χ0n) is 15.0. The maximum absolute atomic E-state index is 12.9. The highest BCUT2D eigenvalue weighted by atomic mass is 35.5. The summed E-state index contributed by atoms with van der Waals surface area (Å²) in [5.74, 6) is 1.76. The first kappa shape index (κ1) is 17.4. The smallest absolute Gasteiger partial charge is 0.166 e. The van der Waals surface area contributed by atoms with E-state index < -0.39 is 0 Å². The molecule has 2 aliphatic rings. The molecule has 0 aromatic heterocycles. The maximum atomic E-state index is 12.9. The van der Waals surface area contributed by atoms with E-state index in [0.29, 0.717) is 23.6 Å². The Morgan fingerprint density at radius 3 is 2.77 bits per heavy atom. The highest BCUT2D eigenvalue weighted by Crippen LogP contribution is 2.47. The van der Waals surface area contributed by atoms with Crippen LogP contribution < -0.4 is 9.47 Å². The first-order valence-electron chi connectivity index (χ1n) is 8.93. The number of carbonyl (C=O) groups is 1. The molecule has 0 bridgehead atoms. The van der Waals surface area contributed by atoms with Gasteiger partial charge in [0.2, 0.25) is 0 Å². The maximum Gasteiger partial charge on any atom is 0.166 e. The molecule has 4 nitrogen and oxygen atoms in total. The number of Topliss-reactive ketones (excluding diaryl/α,β-unsaturated/α-hetero) is 1. The van der Waals surface area contributed by atoms with Crippen LogP contribution in [0.1, 0.15) is 39.5 Å². The normalized spacial score (nSPS) is 18.8. The van der Waals surface area contributed by atoms with Gasteiger partial charge in [-0.3, -0.25) is 9.69 Å². The molecule has 0 saturated carbocycles. The summed E-state index contributed by atoms with van der Waals surface area (Å²) in [6.07, 6.45) is 2.28. The number of hydrogen-bond acceptors (Lipinski definition) is 4. The lowest BCUT2D eigenvalue weighted by Gasteiger charge is -2.36. The Morgan fingerprint density at radius 2 is 2.04 bits per heavy atom. The fourth-order valence-corrected chi connectivity index (χ4v) is 4.14. The predicted octanol–water partition coefficient (Wildman–Crippen LogP) is 4.09. The first-order chi connectivity index (χ1) is 12.6. The summed E-state index contributed by atoms with van der Waals surface area (Å²) in [4.78, 5) is 15.1. The fourth-order valence-electron chi connectivity index (χ4n) is 4.01. The Morgan fingerprint density at radius 1 is 1.27 bits per heavy atom. The average Bonchev–Trinajstić information content (AvgIpc) is 3.11. The third-order valence-corrected chi connectivity index (χ3v) is 5.65. The van der Waals surface area contributed by atoms with Gasteiger partial charge in [0.05, 0.1) is 13.7 Å². The van der Waals surface area contributed by atoms with Crippen LogP contribution >= 0.6 is 11.6 Å². The van der Waals surface area contributed by atoms with E-state index in [1.54, 1.807) is 31.4 Å². The van der Waals surface area contributed by atoms with Crippen LogP contribution in [-0.2, 0) is 12.8 Å². The van der Waals surface area contributed by atoms with Gasteiger partial charge in [-0.2, -0.15) is 0 Å². The quantitative estimate of drug-likeness (QED) is 0.759. The van der Waals surface area contributed by atoms with Gasteiger partial charge < -0.3 is 9.47 Å². The minimum Gasteiger partial charge on any atom is -0.492 e. The van der Waals surface area contributed by atoms with E-state index in [-0.39, 0.29) is 11.8 Å². The van der Waals surface area contributed by atoms with Crippen LogP contribution in [0.3, 0.4) is 0 Å². The molecule has 5 heteroatoms. The lowest BCUT2D eigenvalue weighted by atomic mass is 9.86. The van der Waals surface area contributed by atoms with Crippen LogP contribution in [0, 0.1) is 0 Å². The third kappa shape index (κ3) is 2.97. The Balaban J connectivity index is 1.71. The number of ether oxygens (including phenoxy) is 2. The van der Waals surface area contributed by atoms with Crippen LogP contribution in [-0.4, -0.2) is 38.0 Å². The molecule has 2 aliphatic heterocycles. The van der Waals surface area contributed by atoms with Crippen LogP contribution in [0.2, 0.25) is 5.02 Å². The number of ketones is 1. The van der Waals surface area contributed by atoms with Crippen molar-refractivity contribution >= 4 is 17.4 Å². The summed E-state index contributed by atoms with van der Waals surface area (Å²) in [5, 5.41) is 0.635. The van der Waals surface area contributed by atoms with Gasteiger partial charge in [0.25, 0.3) is 0 Å². The molecule has 4 rings (SSSR count). The summed E-state index contributed by atoms with van der Waals surface area (Å²) >= 11 is 5.94. The molecular weight excluding hydrogens is 350 g/mol. The van der Waals surface area contributed by atoms with E-state index in [0.717, 1.165) is 36.4 Å². The number of halogens is 1. The summed E-state index contributed by atoms with van der Waals surface area (Å²) in [6.45, 7) is 1.62. The van der Waals surface area contributed by atoms with E-state index >= 15 is 0 Å². The van der Waals surface area contributed by atoms with Crippen molar-refractivity contribution in [2.24, 2.45) is 0 Å². The van der Waals surface area contributed by atoms with Gasteiger partial charge in [0.1, 0.15) is 0 Å². The molecule has 0 fully saturated rings. The summed E-state index contributed by atoms with van der Waals surface area (Å²) in [5.41, 5.74) is 4.28. The molecule has 1 atom stereocenters. The Labute approximate surface area is 158 Å². The molecule has 1 unspecified atom stereocenters. The minimum absolute atomic E-state index is 0.0219. The van der Waals surface area contributed by atoms with Gasteiger partial charge in [-0.05, 0) is 43.3 Å². The molecule has 2 aromatic rings. The highest BCUT2D eigenvalue weighted by Gasteiger charge is 2.34. The third-order valence-electron chi connectivity index (χ3n) is 5.40. The van der Waals surface area contributed by atoms with Crippen molar-refractivity contribution in [1.82, 2.24) is 4.90 Å². The molecule has 2 aromatic carbocycles. The Kier molecular flexibility index (Phi) is 4.63. The Hall–Kier alpha value is -2.04. The van der Waals surface area contributed by atoms with Gasteiger partial charge in [-0.25, -0.2) is 0 Å². The van der Waals surface area contributed by atoms with E-state index in [4.69, 9.17) is 21.1 Å². The molecule has 0 amide bonds. The van der Waals surface area contributed by atoms with Crippen LogP contribution in [0.5, 0.6) is 11.5 Å². The largest absolute Gasteiger partial charge is 0.492 e. The van der Waals surface area contributed by atoms with E-state index in [9.17, 15) is 4.79 Å². The van der Waals surface area contributed by atoms with Gasteiger partial charge >= 0.3 is 0 Å². The molecular formula is C21H22ClNO3. The van der Waals surface area contributed by atoms with Crippen LogP contribution in [0.4, 0.5) is 0 Å². The molecule has 0 saturated heterocycles. The van der Waals surface area contributed by atoms with Gasteiger partial charge in [-0.15, -0.1) is 0 Å². The second-order valence-electron chi connectivity index (χ2n) is 6.95. The summed E-state index contributed by atoms with van der Waals surface area (Å²) in [6, 6.07) is 9.32. The van der Waals surface area contributed by atoms with Crippen molar-refractivity contribution in [3.8, 4) is 11.5 Å². The van der Waals surface area contributed by atoms with Crippen molar-refractivity contribution in [3.05, 3.63) is 57.6 Å². The number of nitrogens with zero attached hydrogens (tertiary/aromatic N) is 1. The van der Waals surface area contributed by atoms with Crippen molar-refractivity contribution in [1.29, 1.82) is 0 Å². The van der Waals surface area contributed by atoms with Crippen LogP contribution in [0.15, 0.2) is 30.3 Å². The lowest BCUT2D eigenvalue weighted by Crippen LogP contribution is -2.34. The number of rotatable bonds is 4. The number of fused-ring (bicyclic) bond motifs is 2. The van der Waals surface area contributed by atoms with Crippen LogP contribution in [0.25, 0.3) is 0 Å². The first-order valence-corrected chi connectivity index (χ1v) is 9.30. The standard InChI is InChI=1S/C21H22ClNO3/c1-23-9-7-14-11-15-8-10-26-20(15)21(25-2)19(14)17(23)12-18(24)13-3-5-16(22)6-4-13/h3-6,11,17H,7-10,12H2,1-2H3. The second-order valence-corrected chi connectivity index (χ2v) is 7.39. The molecule has 0 spiro atoms. The number of carbonyl (C=O) groups excluding carboxylic acids is 1. The molecule has 0 aliphatic carbocycles. The van der Waals surface area contributed by atoms with Gasteiger partial charge in [0, 0.05) is 47.1 Å². The average molecular weight is 372 g/mol. The number of benzene rings is 2. The molecule has 0 N–H and O–H groups in total. The zero-order chi connectivity index (χ0) is 18.3. The van der Waals surface area contributed by atoms with Crippen molar-refractivity contribution < 1.29 is 14.3 Å². The van der Waals surface area contributed by atoms with Gasteiger partial charge in [-0.1, -0.05) is 17.7 Å². The van der Waals surface area contributed by atoms with E-state index in [1.807, 2.05) is 0 Å². The molecule has 136 valence electrons. The predicted molar refractivity (Wildman–Crippen MR) is 102 cm³/mol. The molecule has 2 heterocycles. The fraction of sp³-hybridized carbons (Fsp3) is 0.381. The van der Waals surface area contributed by atoms with Crippen molar-refractivity contribution in [3.63, 3.8) is 0 Å².